The summed E-state index contributed by atoms with van der Waals surface area (Å²) >= 11 is 6.26. The smallest absolute Gasteiger partial charge is 0.116 e. The van der Waals surface area contributed by atoms with Crippen molar-refractivity contribution in [2.45, 2.75) is 6.54 Å². The number of para-hydroxylation sites is 1. The van der Waals surface area contributed by atoms with E-state index in [-0.39, 0.29) is 0 Å². The van der Waals surface area contributed by atoms with Crippen LogP contribution in [-0.2, 0) is 6.54 Å². The van der Waals surface area contributed by atoms with Gasteiger partial charge in [-0.05, 0) is 24.3 Å². The Labute approximate surface area is 130 Å². The monoisotopic (exact) mass is 303 g/mol. The normalized spacial score (nSPS) is 16.1. The van der Waals surface area contributed by atoms with Crippen molar-refractivity contribution in [1.29, 1.82) is 0 Å². The molecular formula is C17H20ClN2O+. The van der Waals surface area contributed by atoms with E-state index in [2.05, 4.69) is 17.0 Å². The van der Waals surface area contributed by atoms with E-state index < -0.39 is 0 Å². The summed E-state index contributed by atoms with van der Waals surface area (Å²) in [6.07, 6.45) is 0. The number of hydrogen-bond donors (Lipinski definition) is 2. The maximum atomic E-state index is 9.53. The predicted octanol–water partition coefficient (Wildman–Crippen LogP) is 1.95. The van der Waals surface area contributed by atoms with Crippen LogP contribution in [0.4, 0.5) is 5.69 Å². The van der Waals surface area contributed by atoms with Crippen LogP contribution in [-0.4, -0.2) is 31.3 Å². The largest absolute Gasteiger partial charge is 0.508 e. The molecule has 1 aliphatic heterocycles. The van der Waals surface area contributed by atoms with Gasteiger partial charge in [0.1, 0.15) is 12.3 Å². The molecule has 1 aliphatic rings. The number of aromatic hydroxyl groups is 1. The van der Waals surface area contributed by atoms with E-state index in [1.54, 1.807) is 11.0 Å². The fourth-order valence-electron chi connectivity index (χ4n) is 2.90. The fourth-order valence-corrected chi connectivity index (χ4v) is 3.16. The first-order chi connectivity index (χ1) is 10.2. The molecule has 0 spiro atoms. The zero-order valence-corrected chi connectivity index (χ0v) is 12.7. The van der Waals surface area contributed by atoms with Crippen molar-refractivity contribution in [1.82, 2.24) is 0 Å². The Morgan fingerprint density at radius 1 is 1.05 bits per heavy atom. The Hall–Kier alpha value is -1.71. The minimum Gasteiger partial charge on any atom is -0.508 e. The van der Waals surface area contributed by atoms with E-state index in [9.17, 15) is 5.11 Å². The van der Waals surface area contributed by atoms with Gasteiger partial charge in [0.05, 0.1) is 36.9 Å². The summed E-state index contributed by atoms with van der Waals surface area (Å²) < 4.78 is 0. The molecule has 0 bridgehead atoms. The Balaban J connectivity index is 1.59. The number of phenols is 1. The van der Waals surface area contributed by atoms with Crippen molar-refractivity contribution in [3.63, 3.8) is 0 Å². The average Bonchev–Trinajstić information content (AvgIpc) is 2.49. The number of rotatable bonds is 3. The van der Waals surface area contributed by atoms with E-state index in [4.69, 9.17) is 11.6 Å². The van der Waals surface area contributed by atoms with Gasteiger partial charge in [0, 0.05) is 5.56 Å². The van der Waals surface area contributed by atoms with Crippen molar-refractivity contribution in [3.8, 4) is 5.75 Å². The number of hydrogen-bond acceptors (Lipinski definition) is 2. The lowest BCUT2D eigenvalue weighted by Crippen LogP contribution is -3.13. The topological polar surface area (TPSA) is 27.9 Å². The minimum absolute atomic E-state index is 0.349. The molecule has 1 heterocycles. The first-order valence-corrected chi connectivity index (χ1v) is 7.71. The van der Waals surface area contributed by atoms with Gasteiger partial charge in [-0.3, -0.25) is 0 Å². The maximum absolute atomic E-state index is 9.53. The zero-order chi connectivity index (χ0) is 14.7. The number of nitrogens with zero attached hydrogens (tertiary/aromatic N) is 1. The van der Waals surface area contributed by atoms with Crippen LogP contribution in [0.25, 0.3) is 0 Å². The van der Waals surface area contributed by atoms with Gasteiger partial charge in [0.15, 0.2) is 0 Å². The molecule has 2 aromatic carbocycles. The molecule has 0 aliphatic carbocycles. The zero-order valence-electron chi connectivity index (χ0n) is 11.9. The second kappa shape index (κ2) is 6.37. The molecule has 0 amide bonds. The van der Waals surface area contributed by atoms with E-state index in [1.807, 2.05) is 30.3 Å². The molecule has 0 atom stereocenters. The number of halogens is 1. The molecule has 0 radical (unpaired) electrons. The highest BCUT2D eigenvalue weighted by Crippen LogP contribution is 2.24. The van der Waals surface area contributed by atoms with Gasteiger partial charge in [-0.1, -0.05) is 35.9 Å². The van der Waals surface area contributed by atoms with E-state index in [0.29, 0.717) is 5.75 Å². The Kier molecular flexibility index (Phi) is 4.32. The average molecular weight is 304 g/mol. The van der Waals surface area contributed by atoms with Gasteiger partial charge >= 0.3 is 0 Å². The van der Waals surface area contributed by atoms with Crippen LogP contribution < -0.4 is 9.80 Å². The van der Waals surface area contributed by atoms with Crippen LogP contribution in [0, 0.1) is 0 Å². The van der Waals surface area contributed by atoms with Crippen molar-refractivity contribution >= 4 is 17.3 Å². The molecule has 4 heteroatoms. The van der Waals surface area contributed by atoms with Crippen LogP contribution in [0.1, 0.15) is 5.56 Å². The summed E-state index contributed by atoms with van der Waals surface area (Å²) in [5, 5.41) is 10.4. The second-order valence-corrected chi connectivity index (χ2v) is 5.94. The molecule has 1 saturated heterocycles. The minimum atomic E-state index is 0.349. The van der Waals surface area contributed by atoms with Gasteiger partial charge in [-0.15, -0.1) is 0 Å². The van der Waals surface area contributed by atoms with Crippen LogP contribution >= 0.6 is 11.6 Å². The van der Waals surface area contributed by atoms with Gasteiger partial charge in [0.2, 0.25) is 0 Å². The summed E-state index contributed by atoms with van der Waals surface area (Å²) in [7, 11) is 0. The lowest BCUT2D eigenvalue weighted by Gasteiger charge is -2.34. The number of phenolic OH excluding ortho intramolecular Hbond substituents is 1. The predicted molar refractivity (Wildman–Crippen MR) is 86.2 cm³/mol. The Bertz CT molecular complexity index is 609. The summed E-state index contributed by atoms with van der Waals surface area (Å²) in [4.78, 5) is 3.90. The molecule has 3 nitrogen and oxygen atoms in total. The van der Waals surface area contributed by atoms with Crippen molar-refractivity contribution in [2.75, 3.05) is 31.1 Å². The molecular weight excluding hydrogens is 284 g/mol. The van der Waals surface area contributed by atoms with E-state index in [0.717, 1.165) is 43.4 Å². The summed E-state index contributed by atoms with van der Waals surface area (Å²) in [6, 6.07) is 15.6. The van der Waals surface area contributed by atoms with Crippen LogP contribution in [0.2, 0.25) is 5.02 Å². The summed E-state index contributed by atoms with van der Waals surface area (Å²) in [6.45, 7) is 5.16. The first-order valence-electron chi connectivity index (χ1n) is 7.33. The van der Waals surface area contributed by atoms with Gasteiger partial charge in [0.25, 0.3) is 0 Å². The number of quaternary nitrogens is 1. The van der Waals surface area contributed by atoms with Crippen molar-refractivity contribution in [3.05, 3.63) is 59.1 Å². The standard InChI is InChI=1S/C17H19ClN2O/c18-16-6-1-2-7-17(16)20-10-8-19(9-11-20)13-14-4-3-5-15(21)12-14/h1-7,12,21H,8-11,13H2/p+1. The summed E-state index contributed by atoms with van der Waals surface area (Å²) in [5.41, 5.74) is 2.33. The number of nitrogens with one attached hydrogen (secondary N) is 1. The van der Waals surface area contributed by atoms with Gasteiger partial charge < -0.3 is 14.9 Å². The summed E-state index contributed by atoms with van der Waals surface area (Å²) in [5.74, 6) is 0.349. The third kappa shape index (κ3) is 3.49. The second-order valence-electron chi connectivity index (χ2n) is 5.54. The Morgan fingerprint density at radius 3 is 2.52 bits per heavy atom. The SMILES string of the molecule is Oc1cccc(C[NH+]2CCN(c3ccccc3Cl)CC2)c1. The quantitative estimate of drug-likeness (QED) is 0.907. The van der Waals surface area contributed by atoms with Gasteiger partial charge in [-0.25, -0.2) is 0 Å². The van der Waals surface area contributed by atoms with Crippen LogP contribution in [0.3, 0.4) is 0 Å². The lowest BCUT2D eigenvalue weighted by atomic mass is 10.2. The third-order valence-electron chi connectivity index (χ3n) is 4.03. The molecule has 21 heavy (non-hydrogen) atoms. The highest BCUT2D eigenvalue weighted by atomic mass is 35.5. The highest BCUT2D eigenvalue weighted by molar-refractivity contribution is 6.33. The third-order valence-corrected chi connectivity index (χ3v) is 4.35. The van der Waals surface area contributed by atoms with Gasteiger partial charge in [-0.2, -0.15) is 0 Å². The number of piperazine rings is 1. The number of anilines is 1. The Morgan fingerprint density at radius 2 is 1.81 bits per heavy atom. The molecule has 0 aromatic heterocycles. The lowest BCUT2D eigenvalue weighted by molar-refractivity contribution is -0.914. The molecule has 0 unspecified atom stereocenters. The van der Waals surface area contributed by atoms with E-state index >= 15 is 0 Å². The molecule has 3 rings (SSSR count). The number of benzene rings is 2. The molecule has 0 saturated carbocycles. The molecule has 2 aromatic rings. The van der Waals surface area contributed by atoms with Crippen LogP contribution in [0.5, 0.6) is 5.75 Å². The van der Waals surface area contributed by atoms with Crippen molar-refractivity contribution < 1.29 is 10.0 Å². The maximum Gasteiger partial charge on any atom is 0.116 e. The van der Waals surface area contributed by atoms with Crippen molar-refractivity contribution in [2.24, 2.45) is 0 Å². The van der Waals surface area contributed by atoms with Crippen LogP contribution in [0.15, 0.2) is 48.5 Å². The molecule has 1 fully saturated rings. The fraction of sp³-hybridized carbons (Fsp3) is 0.294. The molecule has 2 N–H and O–H groups in total. The molecule has 110 valence electrons. The highest BCUT2D eigenvalue weighted by Gasteiger charge is 2.21. The first kappa shape index (κ1) is 14.2. The van der Waals surface area contributed by atoms with E-state index in [1.165, 1.54) is 5.56 Å².